The second-order valence-electron chi connectivity index (χ2n) is 16.4. The van der Waals surface area contributed by atoms with Gasteiger partial charge in [-0.05, 0) is 99.4 Å². The monoisotopic (exact) mass is 814 g/mol. The van der Waals surface area contributed by atoms with E-state index in [0.29, 0.717) is 77.9 Å². The second-order valence-corrected chi connectivity index (χ2v) is 18.8. The quantitative estimate of drug-likeness (QED) is 0.155. The molecule has 5 aliphatic heterocycles. The third-order valence-corrected chi connectivity index (χ3v) is 14.2. The molecule has 0 amide bonds. The SMILES string of the molecule is Cc1c(F)ccc2cccc(-c3nc4c5c(nc(OC[C@@]67CCCN6[C@H](COc6cccc(S(F)(F)(F)(F)F)c6)CC7)nc5c3F)N3C[C@@H]5CC[C@@H](N5)[C@H]3CC4)c12. The number of fused-ring (bicyclic) bond motifs is 7. The molecule has 0 saturated carbocycles. The lowest BCUT2D eigenvalue weighted by atomic mass is 9.95. The number of nitrogens with one attached hydrogen (secondary N) is 1. The summed E-state index contributed by atoms with van der Waals surface area (Å²) in [4.78, 5) is 17.3. The van der Waals surface area contributed by atoms with Crippen LogP contribution >= 0.6 is 10.2 Å². The summed E-state index contributed by atoms with van der Waals surface area (Å²) >= 11 is 0. The third-order valence-electron chi connectivity index (χ3n) is 13.0. The van der Waals surface area contributed by atoms with Crippen LogP contribution in [0.5, 0.6) is 11.8 Å². The van der Waals surface area contributed by atoms with E-state index in [-0.39, 0.29) is 60.4 Å². The number of ether oxygens (including phenoxy) is 2. The Labute approximate surface area is 324 Å². The molecule has 2 aromatic heterocycles. The molecule has 0 spiro atoms. The molecule has 302 valence electrons. The van der Waals surface area contributed by atoms with Crippen molar-refractivity contribution in [1.82, 2.24) is 25.2 Å². The molecular formula is C41H41F7N6O2S. The summed E-state index contributed by atoms with van der Waals surface area (Å²) in [5.41, 5.74) is 1.30. The van der Waals surface area contributed by atoms with Crippen molar-refractivity contribution in [3.63, 3.8) is 0 Å². The molecule has 0 radical (unpaired) electrons. The molecule has 8 nitrogen and oxygen atoms in total. The number of benzene rings is 3. The molecule has 16 heteroatoms. The summed E-state index contributed by atoms with van der Waals surface area (Å²) in [5, 5.41) is 5.66. The number of halogens is 7. The lowest BCUT2D eigenvalue weighted by molar-refractivity contribution is 0.0686. The van der Waals surface area contributed by atoms with Crippen LogP contribution in [0.2, 0.25) is 0 Å². The van der Waals surface area contributed by atoms with Crippen molar-refractivity contribution in [2.24, 2.45) is 0 Å². The first-order chi connectivity index (χ1) is 27.0. The zero-order valence-corrected chi connectivity index (χ0v) is 31.9. The molecule has 10 rings (SSSR count). The van der Waals surface area contributed by atoms with Crippen LogP contribution in [-0.4, -0.2) is 75.9 Å². The second kappa shape index (κ2) is 12.3. The van der Waals surface area contributed by atoms with Gasteiger partial charge in [-0.2, -0.15) is 9.97 Å². The number of rotatable bonds is 8. The van der Waals surface area contributed by atoms with Gasteiger partial charge in [-0.15, -0.1) is 0 Å². The number of hydrogen-bond donors (Lipinski definition) is 1. The highest BCUT2D eigenvalue weighted by Crippen LogP contribution is 3.02. The number of anilines is 1. The molecular weight excluding hydrogens is 774 g/mol. The molecule has 7 heterocycles. The van der Waals surface area contributed by atoms with Crippen molar-refractivity contribution >= 4 is 37.7 Å². The summed E-state index contributed by atoms with van der Waals surface area (Å²) in [6.45, 7) is 3.26. The van der Waals surface area contributed by atoms with E-state index >= 15 is 4.39 Å². The van der Waals surface area contributed by atoms with Crippen LogP contribution in [0.15, 0.2) is 59.5 Å². The molecule has 5 aromatic rings. The summed E-state index contributed by atoms with van der Waals surface area (Å²) in [7, 11) is -9.87. The van der Waals surface area contributed by atoms with E-state index in [1.54, 1.807) is 19.1 Å². The van der Waals surface area contributed by atoms with Crippen molar-refractivity contribution in [3.8, 4) is 23.0 Å². The fraction of sp³-hybridized carbons (Fsp3) is 0.439. The van der Waals surface area contributed by atoms with Gasteiger partial charge in [0.05, 0.1) is 16.6 Å². The Kier molecular flexibility index (Phi) is 7.97. The number of aromatic nitrogens is 3. The Bertz CT molecular complexity index is 2480. The predicted molar refractivity (Wildman–Crippen MR) is 205 cm³/mol. The average Bonchev–Trinajstić information content (AvgIpc) is 3.84. The number of hydrogen-bond acceptors (Lipinski definition) is 8. The molecule has 0 unspecified atom stereocenters. The summed E-state index contributed by atoms with van der Waals surface area (Å²) in [6.07, 6.45) is 6.38. The van der Waals surface area contributed by atoms with Crippen molar-refractivity contribution in [1.29, 1.82) is 0 Å². The minimum atomic E-state index is -9.87. The minimum absolute atomic E-state index is 0.0101. The van der Waals surface area contributed by atoms with Crippen molar-refractivity contribution in [3.05, 3.63) is 77.5 Å². The minimum Gasteiger partial charge on any atom is -0.492 e. The predicted octanol–water partition coefficient (Wildman–Crippen LogP) is 9.80. The van der Waals surface area contributed by atoms with E-state index in [0.717, 1.165) is 43.6 Å². The summed E-state index contributed by atoms with van der Waals surface area (Å²) < 4.78 is 112. The highest BCUT2D eigenvalue weighted by Gasteiger charge is 2.65. The topological polar surface area (TPSA) is 75.6 Å². The van der Waals surface area contributed by atoms with Crippen LogP contribution in [0.3, 0.4) is 0 Å². The van der Waals surface area contributed by atoms with E-state index in [4.69, 9.17) is 24.4 Å². The van der Waals surface area contributed by atoms with Gasteiger partial charge in [-0.25, -0.2) is 13.8 Å². The van der Waals surface area contributed by atoms with Gasteiger partial charge in [0.2, 0.25) is 0 Å². The zero-order chi connectivity index (χ0) is 39.5. The standard InChI is InChI=1S/C41H41F7N6O2S/c1-23-30(42)11-9-24-5-2-8-29(34(23)24)37-36(43)38-35-32(50-37)13-14-33-31-12-10-25(49-31)20-53(33)39(35)52-40(51-38)56-22-41-16-4-18-54(41)26(15-17-41)21-55-27-6-3-7-28(19-27)57(44,45,46,47)48/h2-3,5-9,11,19,25-26,31,33,49H,4,10,12-18,20-22H2,1H3/t25-,26-,31+,33+,41-/m0/s1. The van der Waals surface area contributed by atoms with Crippen LogP contribution in [-0.2, 0) is 6.42 Å². The first-order valence-corrected chi connectivity index (χ1v) is 21.5. The van der Waals surface area contributed by atoms with Gasteiger partial charge >= 0.3 is 16.2 Å². The molecule has 4 fully saturated rings. The van der Waals surface area contributed by atoms with Crippen LogP contribution in [0.25, 0.3) is 32.9 Å². The molecule has 5 aliphatic rings. The molecule has 5 atom stereocenters. The van der Waals surface area contributed by atoms with Gasteiger partial charge in [-0.3, -0.25) is 4.90 Å². The van der Waals surface area contributed by atoms with Gasteiger partial charge in [0.1, 0.15) is 46.7 Å². The Morgan fingerprint density at radius 2 is 1.74 bits per heavy atom. The lowest BCUT2D eigenvalue weighted by Gasteiger charge is -2.41. The van der Waals surface area contributed by atoms with E-state index in [1.807, 2.05) is 12.1 Å². The fourth-order valence-electron chi connectivity index (χ4n) is 10.3. The van der Waals surface area contributed by atoms with Crippen molar-refractivity contribution in [2.45, 2.75) is 92.9 Å². The maximum absolute atomic E-state index is 17.2. The molecule has 57 heavy (non-hydrogen) atoms. The highest BCUT2D eigenvalue weighted by molar-refractivity contribution is 8.45. The Balaban J connectivity index is 0.991. The van der Waals surface area contributed by atoms with Gasteiger partial charge in [-0.1, -0.05) is 49.8 Å². The van der Waals surface area contributed by atoms with Gasteiger partial charge in [0, 0.05) is 42.3 Å². The van der Waals surface area contributed by atoms with Gasteiger partial charge < -0.3 is 19.7 Å². The molecule has 0 aliphatic carbocycles. The Morgan fingerprint density at radius 1 is 0.895 bits per heavy atom. The first-order valence-electron chi connectivity index (χ1n) is 19.5. The molecule has 3 aromatic carbocycles. The summed E-state index contributed by atoms with van der Waals surface area (Å²) in [6, 6.07) is 11.9. The maximum atomic E-state index is 17.2. The van der Waals surface area contributed by atoms with Gasteiger partial charge in [0.25, 0.3) is 0 Å². The number of nitrogens with zero attached hydrogens (tertiary/aromatic N) is 5. The third kappa shape index (κ3) is 6.24. The summed E-state index contributed by atoms with van der Waals surface area (Å²) in [5.74, 6) is -0.711. The van der Waals surface area contributed by atoms with Crippen LogP contribution < -0.4 is 19.7 Å². The number of aryl methyl sites for hydroxylation is 2. The lowest BCUT2D eigenvalue weighted by Crippen LogP contribution is -2.58. The van der Waals surface area contributed by atoms with E-state index in [2.05, 4.69) is 15.1 Å². The molecule has 1 N–H and O–H groups in total. The van der Waals surface area contributed by atoms with Gasteiger partial charge in [0.15, 0.2) is 5.82 Å². The molecule has 2 bridgehead atoms. The van der Waals surface area contributed by atoms with Crippen LogP contribution in [0.1, 0.15) is 56.2 Å². The number of pyridine rings is 1. The normalized spacial score (nSPS) is 26.9. The number of piperazine rings is 1. The van der Waals surface area contributed by atoms with E-state index < -0.39 is 32.3 Å². The highest BCUT2D eigenvalue weighted by atomic mass is 32.5. The zero-order valence-electron chi connectivity index (χ0n) is 31.1. The largest absolute Gasteiger partial charge is 0.492 e. The smallest absolute Gasteiger partial charge is 0.319 e. The van der Waals surface area contributed by atoms with Crippen molar-refractivity contribution in [2.75, 3.05) is 31.2 Å². The molecule has 4 saturated heterocycles. The van der Waals surface area contributed by atoms with Crippen LogP contribution in [0.4, 0.5) is 34.0 Å². The van der Waals surface area contributed by atoms with E-state index in [9.17, 15) is 23.8 Å². The van der Waals surface area contributed by atoms with Crippen LogP contribution in [0, 0.1) is 18.6 Å². The van der Waals surface area contributed by atoms with Crippen molar-refractivity contribution < 1.29 is 37.7 Å². The average molecular weight is 815 g/mol. The fourth-order valence-corrected chi connectivity index (χ4v) is 11.0. The Morgan fingerprint density at radius 3 is 2.58 bits per heavy atom. The maximum Gasteiger partial charge on any atom is 0.319 e. The van der Waals surface area contributed by atoms with E-state index in [1.165, 1.54) is 12.1 Å². The Hall–Kier alpha value is -4.41. The first kappa shape index (κ1) is 36.9.